The van der Waals surface area contributed by atoms with Gasteiger partial charge in [0.05, 0.1) is 12.0 Å². The molecule has 0 saturated heterocycles. The van der Waals surface area contributed by atoms with Gasteiger partial charge < -0.3 is 15.1 Å². The lowest BCUT2D eigenvalue weighted by Crippen LogP contribution is -2.15. The van der Waals surface area contributed by atoms with Crippen molar-refractivity contribution in [3.8, 4) is 5.69 Å². The molecule has 0 atom stereocenters. The molecule has 0 spiro atoms. The molecule has 4 aromatic rings. The van der Waals surface area contributed by atoms with Crippen molar-refractivity contribution in [2.45, 2.75) is 19.3 Å². The summed E-state index contributed by atoms with van der Waals surface area (Å²) in [6.45, 7) is 0. The Kier molecular flexibility index (Phi) is 5.03. The summed E-state index contributed by atoms with van der Waals surface area (Å²) in [6, 6.07) is 16.1. The Hall–Kier alpha value is -4.20. The summed E-state index contributed by atoms with van der Waals surface area (Å²) in [5.41, 5.74) is 4.00. The summed E-state index contributed by atoms with van der Waals surface area (Å²) in [7, 11) is 0. The SMILES string of the molecule is O=C(Nc1cccc(NC(=O)c2nn(-c3ccc(F)cc3)c3c2CCC3)c1)c1ccco1. The minimum Gasteiger partial charge on any atom is -0.459 e. The van der Waals surface area contributed by atoms with E-state index in [1.54, 1.807) is 53.2 Å². The third kappa shape index (κ3) is 3.78. The highest BCUT2D eigenvalue weighted by molar-refractivity contribution is 6.05. The monoisotopic (exact) mass is 430 g/mol. The fourth-order valence-corrected chi connectivity index (χ4v) is 3.88. The second-order valence-corrected chi connectivity index (χ2v) is 7.48. The maximum absolute atomic E-state index is 13.3. The Bertz CT molecular complexity index is 1290. The van der Waals surface area contributed by atoms with E-state index in [0.717, 1.165) is 30.5 Å². The molecule has 2 N–H and O–H groups in total. The smallest absolute Gasteiger partial charge is 0.291 e. The minimum absolute atomic E-state index is 0.196. The van der Waals surface area contributed by atoms with Gasteiger partial charge in [0.1, 0.15) is 5.82 Å². The Morgan fingerprint density at radius 1 is 0.938 bits per heavy atom. The van der Waals surface area contributed by atoms with Crippen molar-refractivity contribution in [1.82, 2.24) is 9.78 Å². The summed E-state index contributed by atoms with van der Waals surface area (Å²) in [5.74, 6) is -0.844. The molecule has 1 aliphatic rings. The number of halogens is 1. The van der Waals surface area contributed by atoms with Crippen molar-refractivity contribution in [2.24, 2.45) is 0 Å². The van der Waals surface area contributed by atoms with Crippen LogP contribution in [0.3, 0.4) is 0 Å². The number of amides is 2. The highest BCUT2D eigenvalue weighted by Crippen LogP contribution is 2.28. The number of anilines is 2. The quantitative estimate of drug-likeness (QED) is 0.484. The number of nitrogens with one attached hydrogen (secondary N) is 2. The first-order valence-electron chi connectivity index (χ1n) is 10.2. The van der Waals surface area contributed by atoms with Crippen LogP contribution in [0.15, 0.2) is 71.3 Å². The number of furan rings is 1. The minimum atomic E-state index is -0.380. The van der Waals surface area contributed by atoms with E-state index >= 15 is 0 Å². The molecule has 8 heteroatoms. The molecule has 1 aliphatic carbocycles. The molecule has 2 amide bonds. The average molecular weight is 430 g/mol. The van der Waals surface area contributed by atoms with Gasteiger partial charge in [-0.2, -0.15) is 5.10 Å². The molecular weight excluding hydrogens is 411 g/mol. The lowest BCUT2D eigenvalue weighted by molar-refractivity contribution is 0.0994. The van der Waals surface area contributed by atoms with Crippen molar-refractivity contribution >= 4 is 23.2 Å². The molecule has 0 aliphatic heterocycles. The predicted molar refractivity (Wildman–Crippen MR) is 117 cm³/mol. The molecule has 2 aromatic heterocycles. The lowest BCUT2D eigenvalue weighted by atomic mass is 10.2. The molecule has 0 radical (unpaired) electrons. The molecule has 0 unspecified atom stereocenters. The normalized spacial score (nSPS) is 12.4. The van der Waals surface area contributed by atoms with Crippen molar-refractivity contribution in [1.29, 1.82) is 0 Å². The topological polar surface area (TPSA) is 89.2 Å². The Morgan fingerprint density at radius 2 is 1.69 bits per heavy atom. The van der Waals surface area contributed by atoms with Crippen LogP contribution < -0.4 is 10.6 Å². The number of carbonyl (C=O) groups is 2. The first-order valence-corrected chi connectivity index (χ1v) is 10.2. The Labute approximate surface area is 182 Å². The zero-order valence-electron chi connectivity index (χ0n) is 17.0. The van der Waals surface area contributed by atoms with Crippen LogP contribution >= 0.6 is 0 Å². The summed E-state index contributed by atoms with van der Waals surface area (Å²) >= 11 is 0. The van der Waals surface area contributed by atoms with E-state index in [1.165, 1.54) is 18.4 Å². The molecular formula is C24H19FN4O3. The summed E-state index contributed by atoms with van der Waals surface area (Å²) in [6.07, 6.45) is 3.93. The first-order chi connectivity index (χ1) is 15.6. The second kappa shape index (κ2) is 8.14. The van der Waals surface area contributed by atoms with Gasteiger partial charge in [0.15, 0.2) is 11.5 Å². The fourth-order valence-electron chi connectivity index (χ4n) is 3.88. The molecule has 7 nitrogen and oxygen atoms in total. The van der Waals surface area contributed by atoms with E-state index in [4.69, 9.17) is 4.42 Å². The van der Waals surface area contributed by atoms with Crippen molar-refractivity contribution in [3.63, 3.8) is 0 Å². The van der Waals surface area contributed by atoms with Crippen LogP contribution in [-0.2, 0) is 12.8 Å². The van der Waals surface area contributed by atoms with Crippen molar-refractivity contribution < 1.29 is 18.4 Å². The van der Waals surface area contributed by atoms with Gasteiger partial charge in [0.2, 0.25) is 0 Å². The Morgan fingerprint density at radius 3 is 2.41 bits per heavy atom. The number of hydrogen-bond acceptors (Lipinski definition) is 4. The van der Waals surface area contributed by atoms with Crippen LogP contribution in [0.4, 0.5) is 15.8 Å². The van der Waals surface area contributed by atoms with Gasteiger partial charge in [-0.05, 0) is 73.9 Å². The highest BCUT2D eigenvalue weighted by Gasteiger charge is 2.27. The third-order valence-electron chi connectivity index (χ3n) is 5.34. The van der Waals surface area contributed by atoms with Crippen molar-refractivity contribution in [2.75, 3.05) is 10.6 Å². The zero-order chi connectivity index (χ0) is 22.1. The average Bonchev–Trinajstić information content (AvgIpc) is 3.53. The first kappa shape index (κ1) is 19.7. The summed E-state index contributed by atoms with van der Waals surface area (Å²) in [5, 5.41) is 10.1. The number of carbonyl (C=O) groups excluding carboxylic acids is 2. The molecule has 5 rings (SSSR count). The van der Waals surface area contributed by atoms with Gasteiger partial charge in [0, 0.05) is 22.6 Å². The number of benzene rings is 2. The fraction of sp³-hybridized carbons (Fsp3) is 0.125. The lowest BCUT2D eigenvalue weighted by Gasteiger charge is -2.08. The number of nitrogens with zero attached hydrogens (tertiary/aromatic N) is 2. The highest BCUT2D eigenvalue weighted by atomic mass is 19.1. The largest absolute Gasteiger partial charge is 0.459 e. The van der Waals surface area contributed by atoms with E-state index < -0.39 is 0 Å². The van der Waals surface area contributed by atoms with Crippen LogP contribution in [0.5, 0.6) is 0 Å². The van der Waals surface area contributed by atoms with E-state index in [1.807, 2.05) is 0 Å². The van der Waals surface area contributed by atoms with E-state index in [-0.39, 0.29) is 23.4 Å². The Balaban J connectivity index is 1.37. The van der Waals surface area contributed by atoms with E-state index in [9.17, 15) is 14.0 Å². The molecule has 0 fully saturated rings. The van der Waals surface area contributed by atoms with E-state index in [2.05, 4.69) is 15.7 Å². The van der Waals surface area contributed by atoms with Crippen LogP contribution in [0.25, 0.3) is 5.69 Å². The maximum atomic E-state index is 13.3. The van der Waals surface area contributed by atoms with Gasteiger partial charge in [0.25, 0.3) is 11.8 Å². The number of hydrogen-bond donors (Lipinski definition) is 2. The maximum Gasteiger partial charge on any atom is 0.291 e. The van der Waals surface area contributed by atoms with Gasteiger partial charge in [-0.3, -0.25) is 9.59 Å². The van der Waals surface area contributed by atoms with Crippen LogP contribution in [0.2, 0.25) is 0 Å². The van der Waals surface area contributed by atoms with Gasteiger partial charge in [-0.15, -0.1) is 0 Å². The zero-order valence-corrected chi connectivity index (χ0v) is 17.0. The molecule has 0 bridgehead atoms. The summed E-state index contributed by atoms with van der Waals surface area (Å²) in [4.78, 5) is 25.2. The van der Waals surface area contributed by atoms with Crippen molar-refractivity contribution in [3.05, 3.63) is 95.5 Å². The molecule has 32 heavy (non-hydrogen) atoms. The van der Waals surface area contributed by atoms with Gasteiger partial charge in [-0.1, -0.05) is 6.07 Å². The number of fused-ring (bicyclic) bond motifs is 1. The van der Waals surface area contributed by atoms with Crippen LogP contribution in [0, 0.1) is 5.82 Å². The molecule has 2 heterocycles. The second-order valence-electron chi connectivity index (χ2n) is 7.48. The molecule has 160 valence electrons. The van der Waals surface area contributed by atoms with E-state index in [0.29, 0.717) is 22.8 Å². The molecule has 2 aromatic carbocycles. The number of aromatic nitrogens is 2. The van der Waals surface area contributed by atoms with Gasteiger partial charge >= 0.3 is 0 Å². The standard InChI is InChI=1S/C24H19FN4O3/c25-15-9-11-18(12-10-15)29-20-7-2-6-19(20)22(28-29)24(31)27-17-5-1-4-16(14-17)26-23(30)21-8-3-13-32-21/h1,3-5,8-14H,2,6-7H2,(H,26,30)(H,27,31). The predicted octanol–water partition coefficient (Wildman–Crippen LogP) is 4.60. The molecule has 0 saturated carbocycles. The van der Waals surface area contributed by atoms with Crippen LogP contribution in [0.1, 0.15) is 38.7 Å². The van der Waals surface area contributed by atoms with Crippen LogP contribution in [-0.4, -0.2) is 21.6 Å². The number of rotatable bonds is 5. The third-order valence-corrected chi connectivity index (χ3v) is 5.34. The van der Waals surface area contributed by atoms with Gasteiger partial charge in [-0.25, -0.2) is 9.07 Å². The summed E-state index contributed by atoms with van der Waals surface area (Å²) < 4.78 is 20.1.